The summed E-state index contributed by atoms with van der Waals surface area (Å²) in [7, 11) is 1.99. The number of amides is 1. The van der Waals surface area contributed by atoms with Gasteiger partial charge in [0.25, 0.3) is 0 Å². The summed E-state index contributed by atoms with van der Waals surface area (Å²) in [4.78, 5) is 26.4. The van der Waals surface area contributed by atoms with Gasteiger partial charge in [0.15, 0.2) is 0 Å². The SMILES string of the molecule is CC.CN1[C@H](C(=O)N[C@H](C#N)Cc2ccc(-c3ccc4oc(=O)ccc4c3)cc2F)C[C@@H]2CCC[C@@H]21.[HH]. The molecule has 6 nitrogen and oxygen atoms in total. The second kappa shape index (κ2) is 11.0. The third-order valence-electron chi connectivity index (χ3n) is 7.36. The van der Waals surface area contributed by atoms with E-state index in [1.165, 1.54) is 18.6 Å². The first-order chi connectivity index (χ1) is 17.4. The maximum absolute atomic E-state index is 15.0. The first-order valence-electron chi connectivity index (χ1n) is 12.7. The van der Waals surface area contributed by atoms with Crippen LogP contribution in [-0.2, 0) is 11.2 Å². The maximum atomic E-state index is 15.0. The summed E-state index contributed by atoms with van der Waals surface area (Å²) in [6, 6.07) is 14.7. The lowest BCUT2D eigenvalue weighted by molar-refractivity contribution is -0.125. The van der Waals surface area contributed by atoms with Crippen molar-refractivity contribution >= 4 is 16.9 Å². The Balaban J connectivity index is 0.00000124. The molecule has 0 unspecified atom stereocenters. The number of likely N-dealkylation sites (tertiary alicyclic amines) is 1. The van der Waals surface area contributed by atoms with Crippen molar-refractivity contribution in [1.82, 2.24) is 10.2 Å². The fourth-order valence-electron chi connectivity index (χ4n) is 5.57. The van der Waals surface area contributed by atoms with Gasteiger partial charge in [-0.1, -0.05) is 38.5 Å². The minimum Gasteiger partial charge on any atom is -0.423 e. The third-order valence-corrected chi connectivity index (χ3v) is 7.36. The Labute approximate surface area is 212 Å². The average Bonchev–Trinajstić information content (AvgIpc) is 3.48. The van der Waals surface area contributed by atoms with E-state index in [2.05, 4.69) is 16.3 Å². The highest BCUT2D eigenvalue weighted by molar-refractivity contribution is 5.83. The van der Waals surface area contributed by atoms with Gasteiger partial charge in [-0.15, -0.1) is 0 Å². The smallest absolute Gasteiger partial charge is 0.336 e. The molecule has 1 aliphatic carbocycles. The third kappa shape index (κ3) is 5.19. The molecule has 7 heteroatoms. The summed E-state index contributed by atoms with van der Waals surface area (Å²) in [5.41, 5.74) is 1.88. The molecule has 1 aromatic heterocycles. The van der Waals surface area contributed by atoms with E-state index in [0.717, 1.165) is 30.2 Å². The summed E-state index contributed by atoms with van der Waals surface area (Å²) < 4.78 is 20.1. The predicted molar refractivity (Wildman–Crippen MR) is 140 cm³/mol. The van der Waals surface area contributed by atoms with Crippen molar-refractivity contribution in [2.75, 3.05) is 7.05 Å². The van der Waals surface area contributed by atoms with Crippen LogP contribution in [0.3, 0.4) is 0 Å². The van der Waals surface area contributed by atoms with Crippen LogP contribution in [0, 0.1) is 23.1 Å². The van der Waals surface area contributed by atoms with E-state index in [4.69, 9.17) is 4.42 Å². The Morgan fingerprint density at radius 1 is 1.19 bits per heavy atom. The van der Waals surface area contributed by atoms with E-state index in [1.807, 2.05) is 27.0 Å². The Kier molecular flexibility index (Phi) is 7.85. The first-order valence-corrected chi connectivity index (χ1v) is 12.7. The Hall–Kier alpha value is -3.50. The van der Waals surface area contributed by atoms with Crippen molar-refractivity contribution < 1.29 is 15.0 Å². The number of nitrogens with one attached hydrogen (secondary N) is 1. The number of halogens is 1. The van der Waals surface area contributed by atoms with Gasteiger partial charge in [0.05, 0.1) is 12.1 Å². The highest BCUT2D eigenvalue weighted by atomic mass is 19.1. The van der Waals surface area contributed by atoms with Crippen molar-refractivity contribution in [3.8, 4) is 17.2 Å². The highest BCUT2D eigenvalue weighted by Gasteiger charge is 2.44. The van der Waals surface area contributed by atoms with Crippen molar-refractivity contribution in [1.29, 1.82) is 5.26 Å². The van der Waals surface area contributed by atoms with E-state index >= 15 is 0 Å². The predicted octanol–water partition coefficient (Wildman–Crippen LogP) is 5.29. The highest BCUT2D eigenvalue weighted by Crippen LogP contribution is 2.40. The minimum absolute atomic E-state index is 0. The number of likely N-dealkylation sites (N-methyl/N-ethyl adjacent to an activating group) is 1. The number of nitrogens with zero attached hydrogens (tertiary/aromatic N) is 2. The zero-order valence-corrected chi connectivity index (χ0v) is 21.0. The van der Waals surface area contributed by atoms with Gasteiger partial charge < -0.3 is 9.73 Å². The van der Waals surface area contributed by atoms with E-state index in [-0.39, 0.29) is 19.8 Å². The van der Waals surface area contributed by atoms with Crippen molar-refractivity contribution in [3.63, 3.8) is 0 Å². The number of fused-ring (bicyclic) bond motifs is 2. The number of benzene rings is 2. The number of carbonyl (C=O) groups is 1. The lowest BCUT2D eigenvalue weighted by Gasteiger charge is -2.25. The molecular formula is C29H34FN3O3. The van der Waals surface area contributed by atoms with Crippen LogP contribution >= 0.6 is 0 Å². The van der Waals surface area contributed by atoms with Gasteiger partial charge in [0, 0.05) is 25.3 Å². The fraction of sp³-hybridized carbons (Fsp3) is 0.414. The largest absolute Gasteiger partial charge is 0.423 e. The van der Waals surface area contributed by atoms with E-state index in [1.54, 1.807) is 30.3 Å². The number of carbonyl (C=O) groups excluding carboxylic acids is 1. The molecule has 2 aromatic carbocycles. The van der Waals surface area contributed by atoms with Crippen molar-refractivity contribution in [2.24, 2.45) is 5.92 Å². The maximum Gasteiger partial charge on any atom is 0.336 e. The summed E-state index contributed by atoms with van der Waals surface area (Å²) in [6.45, 7) is 4.00. The number of hydrogen-bond donors (Lipinski definition) is 1. The molecule has 5 rings (SSSR count). The fourth-order valence-corrected chi connectivity index (χ4v) is 5.57. The first kappa shape index (κ1) is 25.6. The topological polar surface area (TPSA) is 86.3 Å². The molecule has 0 bridgehead atoms. The molecule has 1 saturated carbocycles. The van der Waals surface area contributed by atoms with Crippen LogP contribution in [-0.4, -0.2) is 36.0 Å². The number of rotatable bonds is 5. The molecule has 2 heterocycles. The van der Waals surface area contributed by atoms with Gasteiger partial charge in [-0.2, -0.15) is 5.26 Å². The quantitative estimate of drug-likeness (QED) is 0.490. The van der Waals surface area contributed by atoms with Crippen LogP contribution in [0.25, 0.3) is 22.1 Å². The Bertz CT molecular complexity index is 1350. The van der Waals surface area contributed by atoms with Crippen molar-refractivity contribution in [3.05, 3.63) is 70.3 Å². The normalized spacial score (nSPS) is 21.8. The molecule has 0 radical (unpaired) electrons. The van der Waals surface area contributed by atoms with Gasteiger partial charge in [-0.05, 0) is 73.2 Å². The molecular weight excluding hydrogens is 457 g/mol. The summed E-state index contributed by atoms with van der Waals surface area (Å²) in [6.07, 6.45) is 4.41. The molecule has 1 saturated heterocycles. The lowest BCUT2D eigenvalue weighted by Crippen LogP contribution is -2.47. The number of hydrogen-bond acceptors (Lipinski definition) is 5. The molecule has 2 aliphatic rings. The molecule has 36 heavy (non-hydrogen) atoms. The summed E-state index contributed by atoms with van der Waals surface area (Å²) >= 11 is 0. The van der Waals surface area contributed by atoms with E-state index in [0.29, 0.717) is 28.7 Å². The van der Waals surface area contributed by atoms with Crippen LogP contribution in [0.2, 0.25) is 0 Å². The van der Waals surface area contributed by atoms with Gasteiger partial charge in [0.2, 0.25) is 5.91 Å². The molecule has 3 aromatic rings. The monoisotopic (exact) mass is 491 g/mol. The van der Waals surface area contributed by atoms with Crippen LogP contribution < -0.4 is 10.9 Å². The Morgan fingerprint density at radius 2 is 1.94 bits per heavy atom. The summed E-state index contributed by atoms with van der Waals surface area (Å²) in [5.74, 6) is -0.0279. The van der Waals surface area contributed by atoms with Crippen LogP contribution in [0.15, 0.2) is 57.7 Å². The van der Waals surface area contributed by atoms with Crippen LogP contribution in [0.4, 0.5) is 4.39 Å². The second-order valence-corrected chi connectivity index (χ2v) is 9.38. The second-order valence-electron chi connectivity index (χ2n) is 9.38. The van der Waals surface area contributed by atoms with Gasteiger partial charge >= 0.3 is 5.63 Å². The molecule has 1 amide bonds. The molecule has 4 atom stereocenters. The summed E-state index contributed by atoms with van der Waals surface area (Å²) in [5, 5.41) is 13.2. The zero-order chi connectivity index (χ0) is 25.8. The zero-order valence-electron chi connectivity index (χ0n) is 21.0. The lowest BCUT2D eigenvalue weighted by atomic mass is 9.99. The van der Waals surface area contributed by atoms with E-state index in [9.17, 15) is 19.2 Å². The molecule has 1 aliphatic heterocycles. The minimum atomic E-state index is -0.801. The average molecular weight is 492 g/mol. The molecule has 190 valence electrons. The van der Waals surface area contributed by atoms with Crippen molar-refractivity contribution in [2.45, 2.75) is 64.1 Å². The van der Waals surface area contributed by atoms with Gasteiger partial charge in [-0.3, -0.25) is 9.69 Å². The van der Waals surface area contributed by atoms with E-state index < -0.39 is 17.5 Å². The standard InChI is InChI=1S/C27H26FN3O3.C2H6.H2/c1-31-23-4-2-3-19(23)14-24(31)27(33)30-21(15-29)12-18-6-5-17(13-22(18)28)16-7-9-25-20(11-16)8-10-26(32)34-25;1-2;/h5-11,13,19,21,23-24H,2-4,12,14H2,1H3,(H,30,33);1-2H3;1H/t19-,21-,23-,24-;;/m0../s1. The number of nitriles is 1. The molecule has 1 N–H and O–H groups in total. The Morgan fingerprint density at radius 3 is 2.67 bits per heavy atom. The van der Waals surface area contributed by atoms with Crippen LogP contribution in [0.5, 0.6) is 0 Å². The van der Waals surface area contributed by atoms with Crippen LogP contribution in [0.1, 0.15) is 46.5 Å². The van der Waals surface area contributed by atoms with Gasteiger partial charge in [-0.25, -0.2) is 9.18 Å². The molecule has 0 spiro atoms. The molecule has 2 fully saturated rings. The van der Waals surface area contributed by atoms with Gasteiger partial charge in [0.1, 0.15) is 17.4 Å².